The van der Waals surface area contributed by atoms with Gasteiger partial charge in [0.25, 0.3) is 5.91 Å². The Labute approximate surface area is 156 Å². The van der Waals surface area contributed by atoms with E-state index in [1.54, 1.807) is 18.2 Å². The van der Waals surface area contributed by atoms with Crippen LogP contribution in [0.4, 0.5) is 5.69 Å². The van der Waals surface area contributed by atoms with Gasteiger partial charge in [-0.15, -0.1) is 0 Å². The number of carbonyl (C=O) groups is 2. The molecule has 0 aliphatic rings. The number of rotatable bonds is 6. The molecule has 2 atom stereocenters. The van der Waals surface area contributed by atoms with Gasteiger partial charge >= 0.3 is 5.97 Å². The molecule has 26 heavy (non-hydrogen) atoms. The third-order valence-electron chi connectivity index (χ3n) is 3.91. The van der Waals surface area contributed by atoms with E-state index >= 15 is 0 Å². The summed E-state index contributed by atoms with van der Waals surface area (Å²) in [4.78, 5) is 25.2. The van der Waals surface area contributed by atoms with Gasteiger partial charge in [0.15, 0.2) is 6.10 Å². The Morgan fingerprint density at radius 1 is 1.00 bits per heavy atom. The number of amides is 1. The van der Waals surface area contributed by atoms with Crippen molar-refractivity contribution in [1.82, 2.24) is 0 Å². The highest BCUT2D eigenvalue weighted by molar-refractivity contribution is 7.84. The Bertz CT molecular complexity index is 832. The minimum atomic E-state index is -1.33. The second-order valence-electron chi connectivity index (χ2n) is 6.23. The minimum absolute atomic E-state index is 0.204. The number of ether oxygens (including phenoxy) is 1. The summed E-state index contributed by atoms with van der Waals surface area (Å²) in [6.45, 7) is 5.59. The summed E-state index contributed by atoms with van der Waals surface area (Å²) in [7, 11) is -1.33. The minimum Gasteiger partial charge on any atom is -0.449 e. The lowest BCUT2D eigenvalue weighted by atomic mass is 10.0. The van der Waals surface area contributed by atoms with E-state index in [0.29, 0.717) is 10.6 Å². The number of para-hydroxylation sites is 1. The Balaban J connectivity index is 2.11. The number of carbonyl (C=O) groups excluding carboxylic acids is 2. The van der Waals surface area contributed by atoms with E-state index in [0.717, 1.165) is 5.56 Å². The fourth-order valence-electron chi connectivity index (χ4n) is 2.51. The van der Waals surface area contributed by atoms with Gasteiger partial charge in [-0.05, 0) is 36.6 Å². The van der Waals surface area contributed by atoms with Gasteiger partial charge < -0.3 is 10.1 Å². The number of nitrogens with one attached hydrogen (secondary N) is 1. The predicted molar refractivity (Wildman–Crippen MR) is 103 cm³/mol. The van der Waals surface area contributed by atoms with Crippen LogP contribution in [-0.4, -0.2) is 28.4 Å². The first-order valence-corrected chi connectivity index (χ1v) is 9.90. The number of esters is 1. The third-order valence-corrected chi connectivity index (χ3v) is 4.89. The van der Waals surface area contributed by atoms with Crippen molar-refractivity contribution in [1.29, 1.82) is 0 Å². The van der Waals surface area contributed by atoms with E-state index in [-0.39, 0.29) is 11.5 Å². The Morgan fingerprint density at radius 3 is 2.27 bits per heavy atom. The largest absolute Gasteiger partial charge is 0.449 e. The summed E-state index contributed by atoms with van der Waals surface area (Å²) in [6.07, 6.45) is 0.506. The molecule has 0 unspecified atom stereocenters. The van der Waals surface area contributed by atoms with Crippen LogP contribution in [0.5, 0.6) is 0 Å². The molecule has 138 valence electrons. The molecule has 0 radical (unpaired) electrons. The van der Waals surface area contributed by atoms with Crippen molar-refractivity contribution in [3.05, 3.63) is 59.7 Å². The van der Waals surface area contributed by atoms with Crippen LogP contribution in [-0.2, 0) is 20.3 Å². The van der Waals surface area contributed by atoms with Crippen LogP contribution in [0.2, 0.25) is 0 Å². The summed E-state index contributed by atoms with van der Waals surface area (Å²) in [6, 6.07) is 14.0. The standard InChI is InChI=1S/C20H23NO4S/c1-13(2)15-9-5-7-11-17(15)21-19(22)14(3)25-20(23)16-10-6-8-12-18(16)26(4)24/h5-14H,1-4H3,(H,21,22)/t14-,26+/m1/s1. The number of benzene rings is 2. The highest BCUT2D eigenvalue weighted by atomic mass is 32.2. The van der Waals surface area contributed by atoms with Gasteiger partial charge in [-0.2, -0.15) is 0 Å². The topological polar surface area (TPSA) is 72.5 Å². The first-order valence-electron chi connectivity index (χ1n) is 8.34. The molecule has 2 aromatic rings. The Kier molecular flexibility index (Phi) is 6.69. The Morgan fingerprint density at radius 2 is 1.62 bits per heavy atom. The molecule has 5 nitrogen and oxygen atoms in total. The summed E-state index contributed by atoms with van der Waals surface area (Å²) in [5, 5.41) is 2.81. The lowest BCUT2D eigenvalue weighted by Crippen LogP contribution is -2.30. The van der Waals surface area contributed by atoms with Crippen LogP contribution in [0.1, 0.15) is 42.6 Å². The predicted octanol–water partition coefficient (Wildman–Crippen LogP) is 3.73. The average Bonchev–Trinajstić information content (AvgIpc) is 2.61. The lowest BCUT2D eigenvalue weighted by molar-refractivity contribution is -0.123. The summed E-state index contributed by atoms with van der Waals surface area (Å²) in [5.74, 6) is -0.840. The summed E-state index contributed by atoms with van der Waals surface area (Å²) >= 11 is 0. The van der Waals surface area contributed by atoms with Gasteiger partial charge in [0.2, 0.25) is 0 Å². The van der Waals surface area contributed by atoms with E-state index in [2.05, 4.69) is 5.32 Å². The SMILES string of the molecule is CC(C)c1ccccc1NC(=O)[C@@H](C)OC(=O)c1ccccc1[S@](C)=O. The fraction of sp³-hybridized carbons (Fsp3) is 0.300. The van der Waals surface area contributed by atoms with E-state index < -0.39 is 28.8 Å². The molecule has 1 amide bonds. The van der Waals surface area contributed by atoms with Crippen LogP contribution in [0.3, 0.4) is 0 Å². The summed E-state index contributed by atoms with van der Waals surface area (Å²) < 4.78 is 17.0. The molecule has 0 bridgehead atoms. The second-order valence-corrected chi connectivity index (χ2v) is 7.58. The first kappa shape index (κ1) is 19.8. The van der Waals surface area contributed by atoms with Crippen molar-refractivity contribution in [2.45, 2.75) is 37.7 Å². The maximum absolute atomic E-state index is 12.4. The van der Waals surface area contributed by atoms with Crippen molar-refractivity contribution >= 4 is 28.4 Å². The zero-order valence-corrected chi connectivity index (χ0v) is 16.1. The summed E-state index contributed by atoms with van der Waals surface area (Å²) in [5.41, 5.74) is 1.91. The maximum atomic E-state index is 12.4. The highest BCUT2D eigenvalue weighted by Crippen LogP contribution is 2.24. The van der Waals surface area contributed by atoms with E-state index in [4.69, 9.17) is 4.74 Å². The molecule has 2 aromatic carbocycles. The molecule has 0 saturated carbocycles. The molecule has 6 heteroatoms. The molecule has 0 fully saturated rings. The monoisotopic (exact) mass is 373 g/mol. The van der Waals surface area contributed by atoms with Gasteiger partial charge in [-0.25, -0.2) is 4.79 Å². The van der Waals surface area contributed by atoms with Crippen LogP contribution < -0.4 is 5.32 Å². The van der Waals surface area contributed by atoms with Gasteiger partial charge in [0, 0.05) is 11.9 Å². The van der Waals surface area contributed by atoms with Crippen molar-refractivity contribution < 1.29 is 18.5 Å². The Hall–Kier alpha value is -2.47. The van der Waals surface area contributed by atoms with Gasteiger partial charge in [-0.1, -0.05) is 44.2 Å². The molecular weight excluding hydrogens is 350 g/mol. The molecule has 0 spiro atoms. The van der Waals surface area contributed by atoms with Gasteiger partial charge in [-0.3, -0.25) is 9.00 Å². The smallest absolute Gasteiger partial charge is 0.340 e. The fourth-order valence-corrected chi connectivity index (χ4v) is 3.24. The zero-order chi connectivity index (χ0) is 19.3. The van der Waals surface area contributed by atoms with E-state index in [9.17, 15) is 13.8 Å². The molecule has 1 N–H and O–H groups in total. The van der Waals surface area contributed by atoms with E-state index in [1.807, 2.05) is 38.1 Å². The lowest BCUT2D eigenvalue weighted by Gasteiger charge is -2.17. The first-order chi connectivity index (χ1) is 12.3. The van der Waals surface area contributed by atoms with Crippen molar-refractivity contribution in [3.8, 4) is 0 Å². The molecular formula is C20H23NO4S. The molecule has 2 rings (SSSR count). The number of anilines is 1. The number of hydrogen-bond acceptors (Lipinski definition) is 4. The van der Waals surface area contributed by atoms with Gasteiger partial charge in [0.05, 0.1) is 21.3 Å². The average molecular weight is 373 g/mol. The zero-order valence-electron chi connectivity index (χ0n) is 15.3. The normalized spacial score (nSPS) is 13.1. The van der Waals surface area contributed by atoms with Crippen molar-refractivity contribution in [2.24, 2.45) is 0 Å². The van der Waals surface area contributed by atoms with Crippen LogP contribution in [0.15, 0.2) is 53.4 Å². The van der Waals surface area contributed by atoms with Crippen molar-refractivity contribution in [2.75, 3.05) is 11.6 Å². The molecule has 0 saturated heterocycles. The maximum Gasteiger partial charge on any atom is 0.340 e. The second kappa shape index (κ2) is 8.76. The third kappa shape index (κ3) is 4.79. The van der Waals surface area contributed by atoms with Crippen LogP contribution in [0, 0.1) is 0 Å². The van der Waals surface area contributed by atoms with Gasteiger partial charge in [0.1, 0.15) is 0 Å². The molecule has 0 aromatic heterocycles. The highest BCUT2D eigenvalue weighted by Gasteiger charge is 2.22. The molecule has 0 heterocycles. The van der Waals surface area contributed by atoms with Crippen LogP contribution >= 0.6 is 0 Å². The van der Waals surface area contributed by atoms with Crippen LogP contribution in [0.25, 0.3) is 0 Å². The number of hydrogen-bond donors (Lipinski definition) is 1. The van der Waals surface area contributed by atoms with Crippen molar-refractivity contribution in [3.63, 3.8) is 0 Å². The molecule has 0 aliphatic heterocycles. The van der Waals surface area contributed by atoms with E-state index in [1.165, 1.54) is 19.2 Å². The quantitative estimate of drug-likeness (QED) is 0.783. The molecule has 0 aliphatic carbocycles.